The van der Waals surface area contributed by atoms with Crippen LogP contribution in [0.2, 0.25) is 0 Å². The summed E-state index contributed by atoms with van der Waals surface area (Å²) in [6.07, 6.45) is 0. The molecule has 0 saturated heterocycles. The molecule has 0 aliphatic heterocycles. The lowest BCUT2D eigenvalue weighted by atomic mass is 10.2. The molecule has 0 radical (unpaired) electrons. The van der Waals surface area contributed by atoms with Gasteiger partial charge in [-0.1, -0.05) is 0 Å². The molecule has 0 aromatic heterocycles. The Hall–Kier alpha value is -1.78. The van der Waals surface area contributed by atoms with Gasteiger partial charge in [0.05, 0.1) is 19.8 Å². The maximum absolute atomic E-state index is 13.0. The minimum absolute atomic E-state index is 0.0308. The molecule has 1 N–H and O–H groups in total. The lowest BCUT2D eigenvalue weighted by molar-refractivity contribution is 0.0599. The number of phenolic OH excluding ortho intramolecular Hbond substituents is 1. The van der Waals surface area contributed by atoms with Gasteiger partial charge in [0.15, 0.2) is 11.5 Å². The molecule has 76 valence electrons. The second-order valence-corrected chi connectivity index (χ2v) is 2.50. The largest absolute Gasteiger partial charge is 0.505 e. The minimum atomic E-state index is -0.903. The molecule has 1 rings (SSSR count). The van der Waals surface area contributed by atoms with Gasteiger partial charge in [-0.2, -0.15) is 4.39 Å². The maximum Gasteiger partial charge on any atom is 0.338 e. The molecule has 0 aliphatic carbocycles. The Morgan fingerprint density at radius 1 is 1.43 bits per heavy atom. The van der Waals surface area contributed by atoms with Crippen LogP contribution in [0.3, 0.4) is 0 Å². The summed E-state index contributed by atoms with van der Waals surface area (Å²) in [5.41, 5.74) is 0.0308. The molecule has 0 atom stereocenters. The van der Waals surface area contributed by atoms with E-state index < -0.39 is 17.5 Å². The smallest absolute Gasteiger partial charge is 0.338 e. The lowest BCUT2D eigenvalue weighted by Crippen LogP contribution is -2.02. The van der Waals surface area contributed by atoms with Crippen LogP contribution < -0.4 is 4.74 Å². The van der Waals surface area contributed by atoms with Crippen LogP contribution in [0.5, 0.6) is 11.5 Å². The van der Waals surface area contributed by atoms with E-state index in [0.717, 1.165) is 12.1 Å². The van der Waals surface area contributed by atoms with Crippen molar-refractivity contribution in [3.05, 3.63) is 23.5 Å². The number of rotatable bonds is 2. The van der Waals surface area contributed by atoms with E-state index in [1.807, 2.05) is 0 Å². The van der Waals surface area contributed by atoms with Crippen molar-refractivity contribution in [3.8, 4) is 11.5 Å². The highest BCUT2D eigenvalue weighted by Gasteiger charge is 2.14. The fourth-order valence-electron chi connectivity index (χ4n) is 0.967. The molecule has 0 unspecified atom stereocenters. The van der Waals surface area contributed by atoms with E-state index in [0.29, 0.717) is 0 Å². The number of ether oxygens (including phenoxy) is 2. The molecule has 5 heteroatoms. The molecule has 4 nitrogen and oxygen atoms in total. The second kappa shape index (κ2) is 3.95. The van der Waals surface area contributed by atoms with E-state index in [9.17, 15) is 9.18 Å². The summed E-state index contributed by atoms with van der Waals surface area (Å²) >= 11 is 0. The van der Waals surface area contributed by atoms with Gasteiger partial charge in [0.1, 0.15) is 0 Å². The summed E-state index contributed by atoms with van der Waals surface area (Å²) in [6, 6.07) is 2.13. The zero-order valence-electron chi connectivity index (χ0n) is 7.70. The number of phenols is 1. The Labute approximate surface area is 79.9 Å². The molecule has 0 heterocycles. The van der Waals surface area contributed by atoms with Crippen molar-refractivity contribution < 1.29 is 23.8 Å². The maximum atomic E-state index is 13.0. The Morgan fingerprint density at radius 2 is 2.07 bits per heavy atom. The number of hydrogen-bond donors (Lipinski definition) is 1. The van der Waals surface area contributed by atoms with Gasteiger partial charge in [-0.3, -0.25) is 0 Å². The zero-order valence-corrected chi connectivity index (χ0v) is 7.70. The first-order valence-electron chi connectivity index (χ1n) is 3.75. The van der Waals surface area contributed by atoms with Gasteiger partial charge in [0.25, 0.3) is 0 Å². The summed E-state index contributed by atoms with van der Waals surface area (Å²) in [5, 5.41) is 9.09. The molecule has 0 aliphatic rings. The number of benzene rings is 1. The molecule has 0 spiro atoms. The first-order valence-corrected chi connectivity index (χ1v) is 3.75. The van der Waals surface area contributed by atoms with Crippen molar-refractivity contribution in [1.29, 1.82) is 0 Å². The Balaban J connectivity index is 3.22. The predicted molar refractivity (Wildman–Crippen MR) is 46.0 cm³/mol. The van der Waals surface area contributed by atoms with Crippen LogP contribution in [0.15, 0.2) is 12.1 Å². The van der Waals surface area contributed by atoms with Gasteiger partial charge in [0.2, 0.25) is 5.82 Å². The SMILES string of the molecule is COC(=O)c1cc(O)c(F)c(OC)c1. The molecule has 1 aromatic rings. The predicted octanol–water partition coefficient (Wildman–Crippen LogP) is 1.33. The van der Waals surface area contributed by atoms with Gasteiger partial charge in [-0.05, 0) is 12.1 Å². The highest BCUT2D eigenvalue weighted by Crippen LogP contribution is 2.27. The van der Waals surface area contributed by atoms with Crippen LogP contribution in [-0.4, -0.2) is 25.3 Å². The second-order valence-electron chi connectivity index (χ2n) is 2.50. The summed E-state index contributed by atoms with van der Waals surface area (Å²) in [4.78, 5) is 11.0. The number of esters is 1. The third kappa shape index (κ3) is 1.76. The third-order valence-corrected chi connectivity index (χ3v) is 1.66. The summed E-state index contributed by atoms with van der Waals surface area (Å²) < 4.78 is 22.0. The Morgan fingerprint density at radius 3 is 2.57 bits per heavy atom. The Kier molecular flexibility index (Phi) is 2.91. The van der Waals surface area contributed by atoms with Crippen LogP contribution >= 0.6 is 0 Å². The highest BCUT2D eigenvalue weighted by molar-refractivity contribution is 5.90. The molecule has 0 fully saturated rings. The third-order valence-electron chi connectivity index (χ3n) is 1.66. The van der Waals surface area contributed by atoms with Crippen molar-refractivity contribution >= 4 is 5.97 Å². The fourth-order valence-corrected chi connectivity index (χ4v) is 0.967. The molecule has 0 saturated carbocycles. The summed E-state index contributed by atoms with van der Waals surface area (Å²) in [6.45, 7) is 0. The number of carbonyl (C=O) groups is 1. The van der Waals surface area contributed by atoms with E-state index >= 15 is 0 Å². The van der Waals surface area contributed by atoms with Gasteiger partial charge < -0.3 is 14.6 Å². The van der Waals surface area contributed by atoms with Crippen LogP contribution in [0.1, 0.15) is 10.4 Å². The average molecular weight is 200 g/mol. The van der Waals surface area contributed by atoms with Crippen molar-refractivity contribution in [2.75, 3.05) is 14.2 Å². The molecular formula is C9H9FO4. The van der Waals surface area contributed by atoms with Gasteiger partial charge in [0, 0.05) is 0 Å². The molecule has 0 bridgehead atoms. The van der Waals surface area contributed by atoms with Gasteiger partial charge >= 0.3 is 5.97 Å². The number of methoxy groups -OCH3 is 2. The van der Waals surface area contributed by atoms with E-state index in [1.54, 1.807) is 0 Å². The number of aromatic hydroxyl groups is 1. The number of carbonyl (C=O) groups excluding carboxylic acids is 1. The first-order chi connectivity index (χ1) is 6.60. The highest BCUT2D eigenvalue weighted by atomic mass is 19.1. The monoisotopic (exact) mass is 200 g/mol. The molecule has 14 heavy (non-hydrogen) atoms. The normalized spacial score (nSPS) is 9.64. The summed E-state index contributed by atoms with van der Waals surface area (Å²) in [5.74, 6) is -2.42. The van der Waals surface area contributed by atoms with Crippen molar-refractivity contribution in [3.63, 3.8) is 0 Å². The van der Waals surface area contributed by atoms with Gasteiger partial charge in [-0.25, -0.2) is 4.79 Å². The molecule has 1 aromatic carbocycles. The van der Waals surface area contributed by atoms with E-state index in [-0.39, 0.29) is 11.3 Å². The summed E-state index contributed by atoms with van der Waals surface area (Å²) in [7, 11) is 2.42. The molecule has 0 amide bonds. The average Bonchev–Trinajstić information content (AvgIpc) is 2.20. The number of halogens is 1. The topological polar surface area (TPSA) is 55.8 Å². The first kappa shape index (κ1) is 10.3. The number of hydrogen-bond acceptors (Lipinski definition) is 4. The molecular weight excluding hydrogens is 191 g/mol. The van der Waals surface area contributed by atoms with Crippen molar-refractivity contribution in [1.82, 2.24) is 0 Å². The minimum Gasteiger partial charge on any atom is -0.505 e. The van der Waals surface area contributed by atoms with E-state index in [2.05, 4.69) is 9.47 Å². The van der Waals surface area contributed by atoms with Gasteiger partial charge in [-0.15, -0.1) is 0 Å². The standard InChI is InChI=1S/C9H9FO4/c1-13-7-4-5(9(12)14-2)3-6(11)8(7)10/h3-4,11H,1-2H3. The quantitative estimate of drug-likeness (QED) is 0.731. The van der Waals surface area contributed by atoms with E-state index in [1.165, 1.54) is 14.2 Å². The van der Waals surface area contributed by atoms with Crippen LogP contribution in [0, 0.1) is 5.82 Å². The van der Waals surface area contributed by atoms with Crippen molar-refractivity contribution in [2.24, 2.45) is 0 Å². The fraction of sp³-hybridized carbons (Fsp3) is 0.222. The Bertz CT molecular complexity index is 362. The van der Waals surface area contributed by atoms with Crippen molar-refractivity contribution in [2.45, 2.75) is 0 Å². The zero-order chi connectivity index (χ0) is 10.7. The van der Waals surface area contributed by atoms with Crippen LogP contribution in [0.4, 0.5) is 4.39 Å². The van der Waals surface area contributed by atoms with Crippen LogP contribution in [0.25, 0.3) is 0 Å². The van der Waals surface area contributed by atoms with Crippen LogP contribution in [-0.2, 0) is 4.74 Å². The lowest BCUT2D eigenvalue weighted by Gasteiger charge is -2.05. The van der Waals surface area contributed by atoms with E-state index in [4.69, 9.17) is 5.11 Å².